The van der Waals surface area contributed by atoms with Crippen molar-refractivity contribution >= 4 is 17.3 Å². The van der Waals surface area contributed by atoms with Crippen LogP contribution in [-0.4, -0.2) is 15.8 Å². The lowest BCUT2D eigenvalue weighted by Crippen LogP contribution is -2.01. The number of hydrogen-bond donors (Lipinski definition) is 0. The van der Waals surface area contributed by atoms with E-state index in [4.69, 9.17) is 5.26 Å². The Morgan fingerprint density at radius 1 is 1.25 bits per heavy atom. The number of hydrogen-bond acceptors (Lipinski definition) is 3. The molecule has 20 heavy (non-hydrogen) atoms. The van der Waals surface area contributed by atoms with Crippen molar-refractivity contribution in [2.75, 3.05) is 0 Å². The molecule has 0 aliphatic rings. The first-order chi connectivity index (χ1) is 9.83. The molecule has 4 nitrogen and oxygen atoms in total. The maximum absolute atomic E-state index is 11.1. The quantitative estimate of drug-likeness (QED) is 0.681. The molecule has 0 aliphatic heterocycles. The van der Waals surface area contributed by atoms with Gasteiger partial charge in [-0.15, -0.1) is 0 Å². The Morgan fingerprint density at radius 3 is 2.90 bits per heavy atom. The normalized spacial score (nSPS) is 10.3. The van der Waals surface area contributed by atoms with Crippen LogP contribution in [0.4, 0.5) is 0 Å². The smallest absolute Gasteiger partial charge is 0.152 e. The van der Waals surface area contributed by atoms with Crippen molar-refractivity contribution in [1.29, 1.82) is 5.26 Å². The fourth-order valence-corrected chi connectivity index (χ4v) is 2.31. The minimum absolute atomic E-state index is 0.519. The number of carbonyl (C=O) groups is 1. The summed E-state index contributed by atoms with van der Waals surface area (Å²) >= 11 is 0. The molecule has 3 rings (SSSR count). The van der Waals surface area contributed by atoms with Crippen molar-refractivity contribution in [3.8, 4) is 6.07 Å². The fraction of sp³-hybridized carbons (Fsp3) is 0.0625. The van der Waals surface area contributed by atoms with Gasteiger partial charge in [0.1, 0.15) is 5.65 Å². The van der Waals surface area contributed by atoms with Crippen molar-refractivity contribution in [2.24, 2.45) is 0 Å². The highest BCUT2D eigenvalue weighted by atomic mass is 16.1. The van der Waals surface area contributed by atoms with Crippen LogP contribution >= 0.6 is 0 Å². The van der Waals surface area contributed by atoms with E-state index in [0.29, 0.717) is 17.7 Å². The van der Waals surface area contributed by atoms with Crippen LogP contribution in [0.5, 0.6) is 0 Å². The Morgan fingerprint density at radius 2 is 2.10 bits per heavy atom. The average Bonchev–Trinajstić information content (AvgIpc) is 2.86. The van der Waals surface area contributed by atoms with Crippen molar-refractivity contribution < 1.29 is 4.79 Å². The van der Waals surface area contributed by atoms with E-state index in [0.717, 1.165) is 22.9 Å². The highest BCUT2D eigenvalue weighted by molar-refractivity contribution is 5.95. The van der Waals surface area contributed by atoms with Gasteiger partial charge in [0, 0.05) is 23.3 Å². The van der Waals surface area contributed by atoms with Crippen molar-refractivity contribution in [3.05, 3.63) is 65.5 Å². The SMILES string of the molecule is N#Cc1ccccc1Cn1cc(C=O)c2cccnc21. The molecule has 3 aromatic rings. The molecule has 0 bridgehead atoms. The number of carbonyl (C=O) groups excluding carboxylic acids is 1. The molecular weight excluding hydrogens is 250 g/mol. The average molecular weight is 261 g/mol. The van der Waals surface area contributed by atoms with Gasteiger partial charge in [-0.3, -0.25) is 4.79 Å². The summed E-state index contributed by atoms with van der Waals surface area (Å²) in [6, 6.07) is 13.3. The molecule has 0 saturated heterocycles. The van der Waals surface area contributed by atoms with E-state index in [1.165, 1.54) is 0 Å². The van der Waals surface area contributed by atoms with Crippen LogP contribution in [0.15, 0.2) is 48.8 Å². The second-order valence-corrected chi connectivity index (χ2v) is 4.47. The lowest BCUT2D eigenvalue weighted by molar-refractivity contribution is 0.112. The van der Waals surface area contributed by atoms with Crippen LogP contribution in [0.25, 0.3) is 11.0 Å². The Hall–Kier alpha value is -2.93. The second kappa shape index (κ2) is 4.98. The van der Waals surface area contributed by atoms with Crippen molar-refractivity contribution in [2.45, 2.75) is 6.54 Å². The molecule has 2 aromatic heterocycles. The number of benzene rings is 1. The number of aldehydes is 1. The molecule has 4 heteroatoms. The van der Waals surface area contributed by atoms with Crippen LogP contribution in [-0.2, 0) is 6.54 Å². The van der Waals surface area contributed by atoms with Crippen LogP contribution in [0.1, 0.15) is 21.5 Å². The summed E-state index contributed by atoms with van der Waals surface area (Å²) in [7, 11) is 0. The topological polar surface area (TPSA) is 58.7 Å². The molecule has 0 unspecified atom stereocenters. The maximum atomic E-state index is 11.1. The summed E-state index contributed by atoms with van der Waals surface area (Å²) in [4.78, 5) is 15.4. The standard InChI is InChI=1S/C16H11N3O/c17-8-12-4-1-2-5-13(12)9-19-10-14(11-20)15-6-3-7-18-16(15)19/h1-7,10-11H,9H2. The van der Waals surface area contributed by atoms with Crippen LogP contribution in [0.3, 0.4) is 0 Å². The molecule has 0 aliphatic carbocycles. The lowest BCUT2D eigenvalue weighted by atomic mass is 10.1. The van der Waals surface area contributed by atoms with Crippen LogP contribution < -0.4 is 0 Å². The zero-order chi connectivity index (χ0) is 13.9. The molecule has 96 valence electrons. The number of nitriles is 1. The third-order valence-corrected chi connectivity index (χ3v) is 3.27. The van der Waals surface area contributed by atoms with Gasteiger partial charge in [0.25, 0.3) is 0 Å². The van der Waals surface area contributed by atoms with Gasteiger partial charge in [0.15, 0.2) is 6.29 Å². The van der Waals surface area contributed by atoms with Gasteiger partial charge in [0.2, 0.25) is 0 Å². The Labute approximate surface area is 115 Å². The molecule has 0 radical (unpaired) electrons. The van der Waals surface area contributed by atoms with E-state index in [1.54, 1.807) is 18.5 Å². The molecular formula is C16H11N3O. The molecule has 0 amide bonds. The molecule has 0 saturated carbocycles. The summed E-state index contributed by atoms with van der Waals surface area (Å²) < 4.78 is 1.90. The van der Waals surface area contributed by atoms with Gasteiger partial charge in [-0.25, -0.2) is 4.98 Å². The summed E-state index contributed by atoms with van der Waals surface area (Å²) in [5.41, 5.74) is 2.91. The van der Waals surface area contributed by atoms with E-state index in [1.807, 2.05) is 34.9 Å². The van der Waals surface area contributed by atoms with Gasteiger partial charge in [-0.2, -0.15) is 5.26 Å². The van der Waals surface area contributed by atoms with Crippen molar-refractivity contribution in [1.82, 2.24) is 9.55 Å². The van der Waals surface area contributed by atoms with E-state index >= 15 is 0 Å². The number of fused-ring (bicyclic) bond motifs is 1. The Bertz CT molecular complexity index is 827. The predicted octanol–water partition coefficient (Wildman–Crippen LogP) is 2.77. The largest absolute Gasteiger partial charge is 0.327 e. The van der Waals surface area contributed by atoms with Gasteiger partial charge in [-0.05, 0) is 23.8 Å². The number of pyridine rings is 1. The van der Waals surface area contributed by atoms with E-state index in [9.17, 15) is 4.79 Å². The number of rotatable bonds is 3. The minimum atomic E-state index is 0.519. The number of aromatic nitrogens is 2. The van der Waals surface area contributed by atoms with Gasteiger partial charge in [-0.1, -0.05) is 18.2 Å². The molecule has 0 spiro atoms. The summed E-state index contributed by atoms with van der Waals surface area (Å²) in [6.07, 6.45) is 4.30. The van der Waals surface area contributed by atoms with Gasteiger partial charge >= 0.3 is 0 Å². The van der Waals surface area contributed by atoms with Gasteiger partial charge < -0.3 is 4.57 Å². The fourth-order valence-electron chi connectivity index (χ4n) is 2.31. The zero-order valence-corrected chi connectivity index (χ0v) is 10.7. The summed E-state index contributed by atoms with van der Waals surface area (Å²) in [6.45, 7) is 0.519. The predicted molar refractivity (Wildman–Crippen MR) is 75.4 cm³/mol. The molecule has 0 N–H and O–H groups in total. The first kappa shape index (κ1) is 12.1. The third-order valence-electron chi connectivity index (χ3n) is 3.27. The zero-order valence-electron chi connectivity index (χ0n) is 10.7. The van der Waals surface area contributed by atoms with Crippen molar-refractivity contribution in [3.63, 3.8) is 0 Å². The highest BCUT2D eigenvalue weighted by Gasteiger charge is 2.10. The van der Waals surface area contributed by atoms with Gasteiger partial charge in [0.05, 0.1) is 18.2 Å². The third kappa shape index (κ3) is 1.95. The highest BCUT2D eigenvalue weighted by Crippen LogP contribution is 2.20. The molecule has 0 atom stereocenters. The summed E-state index contributed by atoms with van der Waals surface area (Å²) in [5, 5.41) is 9.96. The Balaban J connectivity index is 2.12. The Kier molecular flexibility index (Phi) is 3.02. The van der Waals surface area contributed by atoms with E-state index < -0.39 is 0 Å². The van der Waals surface area contributed by atoms with E-state index in [2.05, 4.69) is 11.1 Å². The maximum Gasteiger partial charge on any atom is 0.152 e. The first-order valence-electron chi connectivity index (χ1n) is 6.20. The second-order valence-electron chi connectivity index (χ2n) is 4.47. The monoisotopic (exact) mass is 261 g/mol. The summed E-state index contributed by atoms with van der Waals surface area (Å²) in [5.74, 6) is 0. The van der Waals surface area contributed by atoms with E-state index in [-0.39, 0.29) is 0 Å². The lowest BCUT2D eigenvalue weighted by Gasteiger charge is -2.06. The minimum Gasteiger partial charge on any atom is -0.327 e. The van der Waals surface area contributed by atoms with Crippen LogP contribution in [0, 0.1) is 11.3 Å². The van der Waals surface area contributed by atoms with Crippen LogP contribution in [0.2, 0.25) is 0 Å². The number of nitrogens with zero attached hydrogens (tertiary/aromatic N) is 3. The molecule has 2 heterocycles. The molecule has 0 fully saturated rings. The first-order valence-corrected chi connectivity index (χ1v) is 6.20. The molecule has 1 aromatic carbocycles.